The van der Waals surface area contributed by atoms with Crippen molar-refractivity contribution in [1.82, 2.24) is 9.55 Å². The predicted molar refractivity (Wildman–Crippen MR) is 101 cm³/mol. The van der Waals surface area contributed by atoms with E-state index in [1.54, 1.807) is 16.8 Å². The van der Waals surface area contributed by atoms with Crippen LogP contribution in [0.4, 0.5) is 0 Å². The second kappa shape index (κ2) is 6.54. The minimum atomic E-state index is -0.0565. The second-order valence-corrected chi connectivity index (χ2v) is 6.22. The number of aromatic nitrogens is 2. The Morgan fingerprint density at radius 3 is 2.52 bits per heavy atom. The second-order valence-electron chi connectivity index (χ2n) is 5.82. The van der Waals surface area contributed by atoms with E-state index in [0.29, 0.717) is 10.7 Å². The molecule has 2 heterocycles. The summed E-state index contributed by atoms with van der Waals surface area (Å²) >= 11 is 6.20. The molecule has 0 aliphatic carbocycles. The van der Waals surface area contributed by atoms with Crippen molar-refractivity contribution in [3.05, 3.63) is 89.7 Å². The van der Waals surface area contributed by atoms with E-state index in [0.717, 1.165) is 22.1 Å². The van der Waals surface area contributed by atoms with Crippen molar-refractivity contribution in [3.8, 4) is 11.1 Å². The molecule has 0 N–H and O–H groups in total. The van der Waals surface area contributed by atoms with Crippen molar-refractivity contribution in [1.29, 1.82) is 0 Å². The van der Waals surface area contributed by atoms with Crippen LogP contribution in [-0.4, -0.2) is 15.5 Å². The Labute approximate surface area is 150 Å². The van der Waals surface area contributed by atoms with Gasteiger partial charge in [-0.25, -0.2) is 4.98 Å². The molecule has 4 heteroatoms. The van der Waals surface area contributed by atoms with Gasteiger partial charge in [-0.05, 0) is 29.3 Å². The Balaban J connectivity index is 1.80. The topological polar surface area (TPSA) is 34.9 Å². The zero-order chi connectivity index (χ0) is 17.2. The van der Waals surface area contributed by atoms with E-state index in [4.69, 9.17) is 11.6 Å². The third-order valence-corrected chi connectivity index (χ3v) is 4.58. The van der Waals surface area contributed by atoms with E-state index in [1.807, 2.05) is 66.9 Å². The Hall–Kier alpha value is -2.91. The zero-order valence-electron chi connectivity index (χ0n) is 13.4. The SMILES string of the molecule is O=C(Cc1ccccc1Cl)n1cc(-c2ccccc2)c2cccnc21. The molecule has 0 aliphatic rings. The van der Waals surface area contributed by atoms with E-state index in [-0.39, 0.29) is 12.3 Å². The molecule has 0 radical (unpaired) electrons. The van der Waals surface area contributed by atoms with Crippen molar-refractivity contribution in [2.45, 2.75) is 6.42 Å². The van der Waals surface area contributed by atoms with Gasteiger partial charge in [0.25, 0.3) is 0 Å². The molecular weight excluding hydrogens is 332 g/mol. The Kier molecular flexibility index (Phi) is 4.08. The van der Waals surface area contributed by atoms with E-state index in [2.05, 4.69) is 4.98 Å². The largest absolute Gasteiger partial charge is 0.274 e. The molecule has 0 amide bonds. The van der Waals surface area contributed by atoms with Gasteiger partial charge in [-0.15, -0.1) is 0 Å². The van der Waals surface area contributed by atoms with Gasteiger partial charge < -0.3 is 0 Å². The number of halogens is 1. The van der Waals surface area contributed by atoms with Crippen LogP contribution < -0.4 is 0 Å². The summed E-state index contributed by atoms with van der Waals surface area (Å²) in [5.41, 5.74) is 3.53. The number of carbonyl (C=O) groups excluding carboxylic acids is 1. The van der Waals surface area contributed by atoms with Gasteiger partial charge >= 0.3 is 0 Å². The fourth-order valence-electron chi connectivity index (χ4n) is 2.99. The number of rotatable bonds is 3. The van der Waals surface area contributed by atoms with E-state index >= 15 is 0 Å². The fraction of sp³-hybridized carbons (Fsp3) is 0.0476. The smallest absolute Gasteiger partial charge is 0.236 e. The first-order chi connectivity index (χ1) is 12.2. The molecule has 0 fully saturated rings. The highest BCUT2D eigenvalue weighted by atomic mass is 35.5. The van der Waals surface area contributed by atoms with Crippen molar-refractivity contribution >= 4 is 28.5 Å². The molecule has 4 aromatic rings. The molecular formula is C21H15ClN2O. The van der Waals surface area contributed by atoms with Crippen LogP contribution in [0.2, 0.25) is 5.02 Å². The van der Waals surface area contributed by atoms with Crippen LogP contribution >= 0.6 is 11.6 Å². The van der Waals surface area contributed by atoms with Gasteiger partial charge in [0.2, 0.25) is 5.91 Å². The minimum Gasteiger partial charge on any atom is -0.274 e. The summed E-state index contributed by atoms with van der Waals surface area (Å²) in [4.78, 5) is 17.3. The quantitative estimate of drug-likeness (QED) is 0.508. The van der Waals surface area contributed by atoms with Crippen molar-refractivity contribution < 1.29 is 4.79 Å². The summed E-state index contributed by atoms with van der Waals surface area (Å²) in [6.45, 7) is 0. The molecule has 0 unspecified atom stereocenters. The van der Waals surface area contributed by atoms with Crippen LogP contribution in [0.25, 0.3) is 22.2 Å². The van der Waals surface area contributed by atoms with Crippen molar-refractivity contribution in [2.75, 3.05) is 0 Å². The van der Waals surface area contributed by atoms with Crippen LogP contribution in [0.3, 0.4) is 0 Å². The zero-order valence-corrected chi connectivity index (χ0v) is 14.1. The Morgan fingerprint density at radius 1 is 0.960 bits per heavy atom. The van der Waals surface area contributed by atoms with Gasteiger partial charge in [-0.1, -0.05) is 60.1 Å². The molecule has 122 valence electrons. The summed E-state index contributed by atoms with van der Waals surface area (Å²) in [6.07, 6.45) is 3.80. The maximum absolute atomic E-state index is 12.9. The number of benzene rings is 2. The molecule has 0 atom stereocenters. The molecule has 2 aromatic carbocycles. The van der Waals surface area contributed by atoms with Crippen molar-refractivity contribution in [2.24, 2.45) is 0 Å². The van der Waals surface area contributed by atoms with Crippen LogP contribution in [0, 0.1) is 0 Å². The van der Waals surface area contributed by atoms with Gasteiger partial charge in [-0.2, -0.15) is 0 Å². The number of pyridine rings is 1. The van der Waals surface area contributed by atoms with Crippen LogP contribution in [0.1, 0.15) is 10.4 Å². The number of carbonyl (C=O) groups is 1. The molecule has 4 rings (SSSR count). The molecule has 2 aromatic heterocycles. The lowest BCUT2D eigenvalue weighted by molar-refractivity contribution is 0.0919. The third-order valence-electron chi connectivity index (χ3n) is 4.22. The maximum atomic E-state index is 12.9. The Bertz CT molecular complexity index is 1050. The number of nitrogens with zero attached hydrogens (tertiary/aromatic N) is 2. The average Bonchev–Trinajstić information content (AvgIpc) is 3.04. The lowest BCUT2D eigenvalue weighted by atomic mass is 10.1. The van der Waals surface area contributed by atoms with Gasteiger partial charge in [0.1, 0.15) is 5.65 Å². The first-order valence-electron chi connectivity index (χ1n) is 8.02. The standard InChI is InChI=1S/C21H15ClN2O/c22-19-11-5-4-9-16(19)13-20(25)24-14-18(15-7-2-1-3-8-15)17-10-6-12-23-21(17)24/h1-12,14H,13H2. The molecule has 3 nitrogen and oxygen atoms in total. The van der Waals surface area contributed by atoms with Gasteiger partial charge in [0.15, 0.2) is 0 Å². The molecule has 0 spiro atoms. The number of fused-ring (bicyclic) bond motifs is 1. The lowest BCUT2D eigenvalue weighted by Crippen LogP contribution is -2.13. The number of hydrogen-bond acceptors (Lipinski definition) is 2. The summed E-state index contributed by atoms with van der Waals surface area (Å²) in [6, 6.07) is 21.3. The van der Waals surface area contributed by atoms with Crippen LogP contribution in [-0.2, 0) is 6.42 Å². The van der Waals surface area contributed by atoms with Gasteiger partial charge in [0, 0.05) is 28.4 Å². The lowest BCUT2D eigenvalue weighted by Gasteiger charge is -2.05. The monoisotopic (exact) mass is 346 g/mol. The molecule has 0 aliphatic heterocycles. The molecule has 0 saturated heterocycles. The van der Waals surface area contributed by atoms with Gasteiger partial charge in [0.05, 0.1) is 6.42 Å². The molecule has 25 heavy (non-hydrogen) atoms. The normalized spacial score (nSPS) is 10.9. The van der Waals surface area contributed by atoms with Crippen molar-refractivity contribution in [3.63, 3.8) is 0 Å². The fourth-order valence-corrected chi connectivity index (χ4v) is 3.19. The van der Waals surface area contributed by atoms with Gasteiger partial charge in [-0.3, -0.25) is 9.36 Å². The predicted octanol–water partition coefficient (Wildman–Crippen LogP) is 5.24. The first-order valence-corrected chi connectivity index (χ1v) is 8.40. The van der Waals surface area contributed by atoms with Crippen LogP contribution in [0.15, 0.2) is 79.1 Å². The average molecular weight is 347 g/mol. The minimum absolute atomic E-state index is 0.0565. The highest BCUT2D eigenvalue weighted by Gasteiger charge is 2.16. The third kappa shape index (κ3) is 2.94. The summed E-state index contributed by atoms with van der Waals surface area (Å²) < 4.78 is 1.63. The highest BCUT2D eigenvalue weighted by molar-refractivity contribution is 6.31. The highest BCUT2D eigenvalue weighted by Crippen LogP contribution is 2.29. The Morgan fingerprint density at radius 2 is 1.72 bits per heavy atom. The molecule has 0 bridgehead atoms. The van der Waals surface area contributed by atoms with E-state index in [1.165, 1.54) is 0 Å². The first kappa shape index (κ1) is 15.6. The molecule has 0 saturated carbocycles. The number of hydrogen-bond donors (Lipinski definition) is 0. The van der Waals surface area contributed by atoms with E-state index in [9.17, 15) is 4.79 Å². The summed E-state index contributed by atoms with van der Waals surface area (Å²) in [5, 5.41) is 1.56. The summed E-state index contributed by atoms with van der Waals surface area (Å²) in [5.74, 6) is -0.0565. The maximum Gasteiger partial charge on any atom is 0.236 e. The van der Waals surface area contributed by atoms with E-state index < -0.39 is 0 Å². The summed E-state index contributed by atoms with van der Waals surface area (Å²) in [7, 11) is 0. The van der Waals surface area contributed by atoms with Crippen LogP contribution in [0.5, 0.6) is 0 Å².